The fourth-order valence-electron chi connectivity index (χ4n) is 5.15. The van der Waals surface area contributed by atoms with Crippen molar-refractivity contribution in [3.05, 3.63) is 35.9 Å². The first-order valence-corrected chi connectivity index (χ1v) is 11.9. The van der Waals surface area contributed by atoms with E-state index in [0.717, 1.165) is 29.1 Å². The number of thioether (sulfide) groups is 1. The number of esters is 1. The number of methoxy groups -OCH3 is 1. The number of aliphatic hydroxyl groups excluding tert-OH is 1. The second kappa shape index (κ2) is 11.7. The predicted octanol–water partition coefficient (Wildman–Crippen LogP) is 4.27. The van der Waals surface area contributed by atoms with Gasteiger partial charge in [-0.2, -0.15) is 0 Å². The Morgan fingerprint density at radius 2 is 2.03 bits per heavy atom. The number of allylic oxidation sites excluding steroid dienone is 1. The summed E-state index contributed by atoms with van der Waals surface area (Å²) < 4.78 is 10.9. The molecule has 31 heavy (non-hydrogen) atoms. The van der Waals surface area contributed by atoms with Gasteiger partial charge in [-0.15, -0.1) is 11.8 Å². The molecule has 3 aliphatic rings. The first-order chi connectivity index (χ1) is 14.6. The number of aliphatic hydroxyl groups is 1. The van der Waals surface area contributed by atoms with Crippen molar-refractivity contribution in [2.45, 2.75) is 68.0 Å². The maximum atomic E-state index is 12.5. The number of fused-ring (bicyclic) bond motifs is 3. The minimum atomic E-state index is -0.516. The van der Waals surface area contributed by atoms with E-state index >= 15 is 0 Å². The Balaban J connectivity index is 0.00000272. The minimum absolute atomic E-state index is 0. The summed E-state index contributed by atoms with van der Waals surface area (Å²) in [6, 6.07) is 5.94. The maximum Gasteiger partial charge on any atom is 0.315 e. The largest absolute Gasteiger partial charge is 0.488 e. The van der Waals surface area contributed by atoms with Crippen molar-refractivity contribution in [2.75, 3.05) is 12.9 Å². The van der Waals surface area contributed by atoms with Crippen LogP contribution in [0.5, 0.6) is 5.75 Å². The molecule has 2 fully saturated rings. The third-order valence-electron chi connectivity index (χ3n) is 6.66. The molecule has 0 aromatic heterocycles. The van der Waals surface area contributed by atoms with Crippen molar-refractivity contribution in [3.8, 4) is 5.75 Å². The van der Waals surface area contributed by atoms with Gasteiger partial charge in [0.1, 0.15) is 11.9 Å². The first-order valence-electron chi connectivity index (χ1n) is 10.9. The van der Waals surface area contributed by atoms with Gasteiger partial charge < -0.3 is 14.6 Å². The van der Waals surface area contributed by atoms with Crippen molar-refractivity contribution >= 4 is 23.5 Å². The maximum absolute atomic E-state index is 12.5. The van der Waals surface area contributed by atoms with Gasteiger partial charge in [-0.05, 0) is 18.1 Å². The van der Waals surface area contributed by atoms with E-state index in [-0.39, 0.29) is 79.5 Å². The van der Waals surface area contributed by atoms with E-state index in [1.807, 2.05) is 24.3 Å². The van der Waals surface area contributed by atoms with E-state index in [0.29, 0.717) is 18.8 Å². The third kappa shape index (κ3) is 5.96. The number of ether oxygens (including phenoxy) is 2. The molecule has 1 aromatic rings. The van der Waals surface area contributed by atoms with E-state index in [9.17, 15) is 14.7 Å². The van der Waals surface area contributed by atoms with E-state index in [1.165, 1.54) is 38.1 Å². The molecular weight excluding hydrogens is 627 g/mol. The number of carbonyl (C=O) groups is 2. The predicted molar refractivity (Wildman–Crippen MR) is 116 cm³/mol. The molecule has 1 aliphatic heterocycles. The molecule has 2 aliphatic carbocycles. The van der Waals surface area contributed by atoms with Crippen LogP contribution in [0.2, 0.25) is 0 Å². The average Bonchev–Trinajstić information content (AvgIpc) is 3.26. The molecule has 0 unspecified atom stereocenters. The van der Waals surface area contributed by atoms with E-state index < -0.39 is 6.10 Å². The zero-order valence-electron chi connectivity index (χ0n) is 18.0. The van der Waals surface area contributed by atoms with Crippen LogP contribution in [0, 0.1) is 55.9 Å². The van der Waals surface area contributed by atoms with Crippen LogP contribution in [0.15, 0.2) is 35.2 Å². The van der Waals surface area contributed by atoms with Gasteiger partial charge in [-0.1, -0.05) is 50.3 Å². The zero-order chi connectivity index (χ0) is 21.1. The molecule has 0 amide bonds. The van der Waals surface area contributed by atoms with Gasteiger partial charge in [-0.25, -0.2) is 0 Å². The second-order valence-corrected chi connectivity index (χ2v) is 9.65. The molecular formula is C24H30AcO5S. The Hall–Kier alpha value is -0.348. The van der Waals surface area contributed by atoms with Crippen molar-refractivity contribution in [3.63, 3.8) is 0 Å². The van der Waals surface area contributed by atoms with Crippen LogP contribution in [0.1, 0.15) is 56.4 Å². The molecule has 2 saturated carbocycles. The van der Waals surface area contributed by atoms with Gasteiger partial charge in [-0.3, -0.25) is 9.59 Å². The Morgan fingerprint density at radius 3 is 2.77 bits per heavy atom. The van der Waals surface area contributed by atoms with Crippen LogP contribution >= 0.6 is 11.8 Å². The minimum Gasteiger partial charge on any atom is -0.488 e. The molecule has 0 spiro atoms. The van der Waals surface area contributed by atoms with Crippen LogP contribution in [0.4, 0.5) is 0 Å². The van der Waals surface area contributed by atoms with Crippen LogP contribution in [-0.4, -0.2) is 41.9 Å². The first kappa shape index (κ1) is 25.3. The van der Waals surface area contributed by atoms with Gasteiger partial charge in [0.2, 0.25) is 0 Å². The summed E-state index contributed by atoms with van der Waals surface area (Å²) in [5.41, 5.74) is 1.06. The summed E-state index contributed by atoms with van der Waals surface area (Å²) in [6.07, 6.45) is 10.2. The fraction of sp³-hybridized carbons (Fsp3) is 0.583. The molecule has 5 nitrogen and oxygen atoms in total. The van der Waals surface area contributed by atoms with Crippen LogP contribution in [0.25, 0.3) is 0 Å². The second-order valence-electron chi connectivity index (χ2n) is 8.64. The number of ketones is 1. The molecule has 1 N–H and O–H groups in total. The summed E-state index contributed by atoms with van der Waals surface area (Å²) in [5.74, 6) is 1.34. The molecule has 4 rings (SSSR count). The molecule has 0 bridgehead atoms. The topological polar surface area (TPSA) is 72.8 Å². The zero-order valence-corrected chi connectivity index (χ0v) is 23.6. The number of hydrogen-bond acceptors (Lipinski definition) is 6. The fourth-order valence-corrected chi connectivity index (χ4v) is 6.01. The van der Waals surface area contributed by atoms with Gasteiger partial charge in [0.25, 0.3) is 0 Å². The van der Waals surface area contributed by atoms with Crippen molar-refractivity contribution in [1.82, 2.24) is 0 Å². The smallest absolute Gasteiger partial charge is 0.315 e. The quantitative estimate of drug-likeness (QED) is 0.269. The molecule has 1 radical (unpaired) electrons. The molecule has 0 saturated heterocycles. The average molecular weight is 658 g/mol. The third-order valence-corrected chi connectivity index (χ3v) is 7.68. The Kier molecular flexibility index (Phi) is 9.52. The van der Waals surface area contributed by atoms with Gasteiger partial charge in [0, 0.05) is 74.3 Å². The van der Waals surface area contributed by atoms with Crippen molar-refractivity contribution < 1.29 is 68.2 Å². The number of carbonyl (C=O) groups excluding carboxylic acids is 2. The van der Waals surface area contributed by atoms with Crippen LogP contribution in [-0.2, 0) is 14.3 Å². The Morgan fingerprint density at radius 1 is 1.26 bits per heavy atom. The summed E-state index contributed by atoms with van der Waals surface area (Å²) in [5, 5.41) is 10.6. The van der Waals surface area contributed by atoms with E-state index in [2.05, 4.69) is 0 Å². The number of para-hydroxylation sites is 1. The molecule has 1 aromatic carbocycles. The summed E-state index contributed by atoms with van der Waals surface area (Å²) in [7, 11) is 1.38. The monoisotopic (exact) mass is 657 g/mol. The Bertz CT molecular complexity index is 820. The van der Waals surface area contributed by atoms with E-state index in [1.54, 1.807) is 6.08 Å². The molecule has 7 heteroatoms. The van der Waals surface area contributed by atoms with Crippen molar-refractivity contribution in [1.29, 1.82) is 0 Å². The van der Waals surface area contributed by atoms with Gasteiger partial charge in [0.15, 0.2) is 5.78 Å². The van der Waals surface area contributed by atoms with Crippen LogP contribution in [0.3, 0.4) is 0 Å². The Labute approximate surface area is 224 Å². The van der Waals surface area contributed by atoms with Gasteiger partial charge >= 0.3 is 5.97 Å². The number of rotatable bonds is 7. The van der Waals surface area contributed by atoms with Crippen LogP contribution < -0.4 is 4.74 Å². The summed E-state index contributed by atoms with van der Waals surface area (Å²) >= 11 is 1.40. The van der Waals surface area contributed by atoms with E-state index in [4.69, 9.17) is 9.47 Å². The summed E-state index contributed by atoms with van der Waals surface area (Å²) in [6.45, 7) is 0. The molecule has 4 atom stereocenters. The van der Waals surface area contributed by atoms with Gasteiger partial charge in [0.05, 0.1) is 23.9 Å². The number of benzene rings is 1. The summed E-state index contributed by atoms with van der Waals surface area (Å²) in [4.78, 5) is 24.9. The normalized spacial score (nSPS) is 27.3. The molecule has 1 heterocycles. The standard InChI is InChI=1S/C24H30O5S.Ac/c1-28-22(27)14-30-21-9-5-8-18-23-17(19(26)13-20(23)29-24(18)21)11-10-16(25)12-15-6-3-2-4-7-15;/h5,8-11,15,17,19-20,23,26H,2-4,6-7,12-14H2,1H3;/b11-10+;/t17-,19+,20-,23-;/m0./s1. The SMILES string of the molecule is COC(=O)CSc1cccc2c1O[C@H]1C[C@@H](O)[C@H](/C=C/C(=O)CC3CCCCC3)[C@@H]21.[Ac]. The van der Waals surface area contributed by atoms with Crippen molar-refractivity contribution in [2.24, 2.45) is 11.8 Å². The molecule has 165 valence electrons. The number of hydrogen-bond donors (Lipinski definition) is 1.